The Balaban J connectivity index is 1.58. The molecule has 0 spiro atoms. The summed E-state index contributed by atoms with van der Waals surface area (Å²) in [6.07, 6.45) is 13.8. The fraction of sp³-hybridized carbons (Fsp3) is 0.105. The lowest BCUT2D eigenvalue weighted by atomic mass is 10.1. The Morgan fingerprint density at radius 1 is 1.15 bits per heavy atom. The molecule has 0 saturated carbocycles. The molecule has 0 aliphatic heterocycles. The maximum atomic E-state index is 13.7. The monoisotopic (exact) mass is 352 g/mol. The maximum absolute atomic E-state index is 13.7. The van der Waals surface area contributed by atoms with E-state index in [0.29, 0.717) is 16.7 Å². The molecule has 0 unspecified atom stereocenters. The van der Waals surface area contributed by atoms with Crippen LogP contribution in [0, 0.1) is 11.6 Å². The molecule has 5 nitrogen and oxygen atoms in total. The van der Waals surface area contributed by atoms with Crippen LogP contribution in [0.25, 0.3) is 17.1 Å². The largest absolute Gasteiger partial charge is 0.421 e. The highest BCUT2D eigenvalue weighted by Crippen LogP contribution is 2.24. The van der Waals surface area contributed by atoms with E-state index in [9.17, 15) is 8.78 Å². The highest BCUT2D eigenvalue weighted by atomic mass is 19.1. The van der Waals surface area contributed by atoms with Gasteiger partial charge < -0.3 is 4.74 Å². The fourth-order valence-corrected chi connectivity index (χ4v) is 2.58. The molecule has 1 aliphatic rings. The van der Waals surface area contributed by atoms with Gasteiger partial charge in [0, 0.05) is 12.3 Å². The summed E-state index contributed by atoms with van der Waals surface area (Å²) < 4.78 is 31.9. The van der Waals surface area contributed by atoms with Gasteiger partial charge in [-0.3, -0.25) is 5.10 Å². The molecule has 1 N–H and O–H groups in total. The number of allylic oxidation sites excluding steroid dienone is 5. The quantitative estimate of drug-likeness (QED) is 0.738. The molecule has 7 heteroatoms. The minimum atomic E-state index is -0.823. The first kappa shape index (κ1) is 16.1. The average Bonchev–Trinajstić information content (AvgIpc) is 3.05. The van der Waals surface area contributed by atoms with E-state index < -0.39 is 11.6 Å². The van der Waals surface area contributed by atoms with Gasteiger partial charge in [0.2, 0.25) is 0 Å². The summed E-state index contributed by atoms with van der Waals surface area (Å²) in [6.45, 7) is 0. The average molecular weight is 352 g/mol. The first-order valence-electron chi connectivity index (χ1n) is 8.08. The molecular formula is C19H14F2N4O. The van der Waals surface area contributed by atoms with E-state index in [1.165, 1.54) is 6.07 Å². The van der Waals surface area contributed by atoms with Crippen molar-refractivity contribution in [3.63, 3.8) is 0 Å². The van der Waals surface area contributed by atoms with Crippen LogP contribution in [0.4, 0.5) is 8.78 Å². The van der Waals surface area contributed by atoms with Crippen LogP contribution in [0.1, 0.15) is 18.5 Å². The standard InChI is InChI=1S/C19H14F2N4O/c20-13-7-9-17(15(21)10-13)26-19-22-11-14-16(24-25-18(14)23-19)8-6-12-4-2-1-3-5-12/h2,4-11H,1,3H2,(H,22,23,24,25)/b8-6+. The van der Waals surface area contributed by atoms with Gasteiger partial charge in [-0.2, -0.15) is 10.1 Å². The Morgan fingerprint density at radius 2 is 2.08 bits per heavy atom. The highest BCUT2D eigenvalue weighted by Gasteiger charge is 2.11. The van der Waals surface area contributed by atoms with Crippen molar-refractivity contribution in [1.82, 2.24) is 20.2 Å². The SMILES string of the molecule is Fc1ccc(Oc2ncc3c(/C=C/C4=CCCC=C4)n[nH]c3n2)c(F)c1. The van der Waals surface area contributed by atoms with Gasteiger partial charge in [-0.15, -0.1) is 0 Å². The number of hydrogen-bond donors (Lipinski definition) is 1. The van der Waals surface area contributed by atoms with Gasteiger partial charge in [0.05, 0.1) is 11.1 Å². The molecule has 0 atom stereocenters. The molecule has 0 saturated heterocycles. The third-order valence-corrected chi connectivity index (χ3v) is 3.88. The fourth-order valence-electron chi connectivity index (χ4n) is 2.58. The van der Waals surface area contributed by atoms with Crippen molar-refractivity contribution in [3.05, 3.63) is 71.6 Å². The molecule has 130 valence electrons. The van der Waals surface area contributed by atoms with Crippen LogP contribution in [0.5, 0.6) is 11.8 Å². The molecule has 0 radical (unpaired) electrons. The van der Waals surface area contributed by atoms with E-state index >= 15 is 0 Å². The van der Waals surface area contributed by atoms with E-state index in [-0.39, 0.29) is 11.8 Å². The second-order valence-electron chi connectivity index (χ2n) is 5.72. The van der Waals surface area contributed by atoms with Crippen LogP contribution < -0.4 is 4.74 Å². The van der Waals surface area contributed by atoms with E-state index in [2.05, 4.69) is 38.4 Å². The number of ether oxygens (including phenoxy) is 1. The molecule has 2 heterocycles. The number of rotatable bonds is 4. The highest BCUT2D eigenvalue weighted by molar-refractivity contribution is 5.83. The van der Waals surface area contributed by atoms with Gasteiger partial charge in [-0.25, -0.2) is 13.8 Å². The van der Waals surface area contributed by atoms with E-state index in [1.54, 1.807) is 6.20 Å². The van der Waals surface area contributed by atoms with Crippen LogP contribution in [0.2, 0.25) is 0 Å². The maximum Gasteiger partial charge on any atom is 0.324 e. The van der Waals surface area contributed by atoms with Gasteiger partial charge >= 0.3 is 6.01 Å². The van der Waals surface area contributed by atoms with Gasteiger partial charge in [0.25, 0.3) is 0 Å². The van der Waals surface area contributed by atoms with Gasteiger partial charge in [0.1, 0.15) is 5.82 Å². The molecule has 0 fully saturated rings. The molecule has 1 aromatic carbocycles. The minimum Gasteiger partial charge on any atom is -0.421 e. The molecule has 3 aromatic rings. The Morgan fingerprint density at radius 3 is 2.88 bits per heavy atom. The summed E-state index contributed by atoms with van der Waals surface area (Å²) in [4.78, 5) is 8.25. The van der Waals surface area contributed by atoms with Crippen molar-refractivity contribution in [1.29, 1.82) is 0 Å². The number of benzene rings is 1. The summed E-state index contributed by atoms with van der Waals surface area (Å²) in [5.41, 5.74) is 2.28. The van der Waals surface area contributed by atoms with Crippen molar-refractivity contribution in [2.24, 2.45) is 0 Å². The minimum absolute atomic E-state index is 0.0555. The van der Waals surface area contributed by atoms with E-state index in [4.69, 9.17) is 4.74 Å². The van der Waals surface area contributed by atoms with Crippen molar-refractivity contribution in [3.8, 4) is 11.8 Å². The number of H-pyrrole nitrogens is 1. The Kier molecular flexibility index (Phi) is 4.27. The van der Waals surface area contributed by atoms with Gasteiger partial charge in [-0.1, -0.05) is 24.3 Å². The lowest BCUT2D eigenvalue weighted by Gasteiger charge is -2.04. The normalized spacial score (nSPS) is 14.2. The number of halogens is 2. The van der Waals surface area contributed by atoms with Crippen LogP contribution in [-0.4, -0.2) is 20.2 Å². The summed E-state index contributed by atoms with van der Waals surface area (Å²) in [6, 6.07) is 2.97. The van der Waals surface area contributed by atoms with Crippen LogP contribution in [-0.2, 0) is 0 Å². The first-order chi connectivity index (χ1) is 12.7. The summed E-state index contributed by atoms with van der Waals surface area (Å²) in [5.74, 6) is -1.66. The number of aromatic amines is 1. The van der Waals surface area contributed by atoms with E-state index in [1.807, 2.05) is 12.2 Å². The lowest BCUT2D eigenvalue weighted by molar-refractivity contribution is 0.409. The molecule has 4 rings (SSSR count). The molecule has 26 heavy (non-hydrogen) atoms. The zero-order valence-electron chi connectivity index (χ0n) is 13.6. The summed E-state index contributed by atoms with van der Waals surface area (Å²) in [5, 5.41) is 7.73. The topological polar surface area (TPSA) is 63.7 Å². The molecule has 0 bridgehead atoms. The van der Waals surface area contributed by atoms with Crippen molar-refractivity contribution < 1.29 is 13.5 Å². The van der Waals surface area contributed by atoms with Crippen LogP contribution >= 0.6 is 0 Å². The Labute approximate surface area is 147 Å². The molecule has 0 amide bonds. The molecule has 1 aliphatic carbocycles. The Bertz CT molecular complexity index is 1050. The van der Waals surface area contributed by atoms with Crippen molar-refractivity contribution >= 4 is 17.1 Å². The number of aromatic nitrogens is 4. The third-order valence-electron chi connectivity index (χ3n) is 3.88. The molecular weight excluding hydrogens is 338 g/mol. The smallest absolute Gasteiger partial charge is 0.324 e. The lowest BCUT2D eigenvalue weighted by Crippen LogP contribution is -1.94. The summed E-state index contributed by atoms with van der Waals surface area (Å²) in [7, 11) is 0. The molecule has 2 aromatic heterocycles. The van der Waals surface area contributed by atoms with E-state index in [0.717, 1.165) is 30.5 Å². The zero-order chi connectivity index (χ0) is 17.9. The number of nitrogens with one attached hydrogen (secondary N) is 1. The van der Waals surface area contributed by atoms with Gasteiger partial charge in [-0.05, 0) is 36.6 Å². The zero-order valence-corrected chi connectivity index (χ0v) is 13.6. The number of fused-ring (bicyclic) bond motifs is 1. The number of hydrogen-bond acceptors (Lipinski definition) is 4. The van der Waals surface area contributed by atoms with Crippen LogP contribution in [0.15, 0.2) is 54.3 Å². The van der Waals surface area contributed by atoms with Crippen molar-refractivity contribution in [2.45, 2.75) is 12.8 Å². The second kappa shape index (κ2) is 6.87. The summed E-state index contributed by atoms with van der Waals surface area (Å²) >= 11 is 0. The second-order valence-corrected chi connectivity index (χ2v) is 5.72. The van der Waals surface area contributed by atoms with Gasteiger partial charge in [0.15, 0.2) is 17.2 Å². The number of nitrogens with zero attached hydrogens (tertiary/aromatic N) is 3. The van der Waals surface area contributed by atoms with Crippen molar-refractivity contribution in [2.75, 3.05) is 0 Å². The Hall–Kier alpha value is -3.35. The van der Waals surface area contributed by atoms with Crippen LogP contribution in [0.3, 0.4) is 0 Å². The predicted octanol–water partition coefficient (Wildman–Crippen LogP) is 4.71. The predicted molar refractivity (Wildman–Crippen MR) is 93.6 cm³/mol. The third kappa shape index (κ3) is 3.37. The first-order valence-corrected chi connectivity index (χ1v) is 8.08.